The average Bonchev–Trinajstić information content (AvgIpc) is 2.83. The summed E-state index contributed by atoms with van der Waals surface area (Å²) in [5, 5.41) is 13.9. The third-order valence-corrected chi connectivity index (χ3v) is 7.19. The van der Waals surface area contributed by atoms with Crippen LogP contribution in [0.15, 0.2) is 10.3 Å². The van der Waals surface area contributed by atoms with Gasteiger partial charge in [0.15, 0.2) is 4.34 Å². The molecule has 0 saturated carbocycles. The van der Waals surface area contributed by atoms with E-state index in [1.165, 1.54) is 4.31 Å². The first-order valence-corrected chi connectivity index (χ1v) is 9.08. The zero-order valence-corrected chi connectivity index (χ0v) is 13.8. The fraction of sp³-hybridized carbons (Fsp3) is 0.636. The molecule has 7 nitrogen and oxygen atoms in total. The van der Waals surface area contributed by atoms with Crippen molar-refractivity contribution in [2.75, 3.05) is 26.7 Å². The molecule has 2 rings (SSSR count). The molecule has 1 aliphatic heterocycles. The molecule has 21 heavy (non-hydrogen) atoms. The van der Waals surface area contributed by atoms with Crippen molar-refractivity contribution in [2.24, 2.45) is 5.92 Å². The maximum atomic E-state index is 12.5. The number of nitro groups is 1. The SMILES string of the molecule is CNCC1CCN(S(=O)(=O)c2cc([N+](=O)[O-])c(Cl)s2)CC1. The van der Waals surface area contributed by atoms with E-state index >= 15 is 0 Å². The Morgan fingerprint density at radius 1 is 1.52 bits per heavy atom. The lowest BCUT2D eigenvalue weighted by Crippen LogP contribution is -2.40. The Morgan fingerprint density at radius 2 is 2.14 bits per heavy atom. The maximum absolute atomic E-state index is 12.5. The van der Waals surface area contributed by atoms with E-state index in [1.54, 1.807) is 0 Å². The predicted molar refractivity (Wildman–Crippen MR) is 81.4 cm³/mol. The molecule has 2 heterocycles. The minimum atomic E-state index is -3.69. The van der Waals surface area contributed by atoms with Crippen LogP contribution < -0.4 is 5.32 Å². The molecule has 1 aromatic rings. The van der Waals surface area contributed by atoms with Gasteiger partial charge in [-0.05, 0) is 32.4 Å². The quantitative estimate of drug-likeness (QED) is 0.645. The topological polar surface area (TPSA) is 92.6 Å². The Morgan fingerprint density at radius 3 is 2.62 bits per heavy atom. The normalized spacial score (nSPS) is 18.0. The van der Waals surface area contributed by atoms with Gasteiger partial charge >= 0.3 is 0 Å². The van der Waals surface area contributed by atoms with Gasteiger partial charge in [0.2, 0.25) is 0 Å². The van der Waals surface area contributed by atoms with Crippen molar-refractivity contribution in [3.05, 3.63) is 20.5 Å². The van der Waals surface area contributed by atoms with Gasteiger partial charge in [-0.25, -0.2) is 8.42 Å². The first-order valence-electron chi connectivity index (χ1n) is 6.44. The highest BCUT2D eigenvalue weighted by Crippen LogP contribution is 2.38. The van der Waals surface area contributed by atoms with Gasteiger partial charge < -0.3 is 5.32 Å². The summed E-state index contributed by atoms with van der Waals surface area (Å²) in [6.45, 7) is 1.72. The molecule has 1 N–H and O–H groups in total. The molecule has 0 aromatic carbocycles. The molecule has 1 aliphatic rings. The van der Waals surface area contributed by atoms with Crippen LogP contribution in [0.2, 0.25) is 4.34 Å². The summed E-state index contributed by atoms with van der Waals surface area (Å²) in [5.41, 5.74) is -0.356. The van der Waals surface area contributed by atoms with Gasteiger partial charge in [0.05, 0.1) is 4.92 Å². The average molecular weight is 354 g/mol. The largest absolute Gasteiger partial charge is 0.319 e. The van der Waals surface area contributed by atoms with Crippen molar-refractivity contribution in [3.63, 3.8) is 0 Å². The molecule has 118 valence electrons. The van der Waals surface area contributed by atoms with Crippen molar-refractivity contribution < 1.29 is 13.3 Å². The summed E-state index contributed by atoms with van der Waals surface area (Å²) in [4.78, 5) is 10.1. The van der Waals surface area contributed by atoms with Gasteiger partial charge in [-0.15, -0.1) is 11.3 Å². The number of nitrogens with zero attached hydrogens (tertiary/aromatic N) is 2. The molecular weight excluding hydrogens is 338 g/mol. The van der Waals surface area contributed by atoms with Crippen LogP contribution in [0.1, 0.15) is 12.8 Å². The van der Waals surface area contributed by atoms with Gasteiger partial charge in [0.25, 0.3) is 15.7 Å². The van der Waals surface area contributed by atoms with E-state index in [2.05, 4.69) is 5.32 Å². The number of sulfonamides is 1. The molecule has 10 heteroatoms. The van der Waals surface area contributed by atoms with Crippen LogP contribution in [0.25, 0.3) is 0 Å². The molecule has 1 fully saturated rings. The monoisotopic (exact) mass is 353 g/mol. The Labute approximate surface area is 132 Å². The van der Waals surface area contributed by atoms with Crippen molar-refractivity contribution in [1.82, 2.24) is 9.62 Å². The van der Waals surface area contributed by atoms with Crippen molar-refractivity contribution in [1.29, 1.82) is 0 Å². The predicted octanol–water partition coefficient (Wildman–Crippen LogP) is 1.93. The van der Waals surface area contributed by atoms with E-state index in [4.69, 9.17) is 11.6 Å². The second-order valence-electron chi connectivity index (χ2n) is 4.89. The fourth-order valence-electron chi connectivity index (χ4n) is 2.36. The third kappa shape index (κ3) is 3.54. The summed E-state index contributed by atoms with van der Waals surface area (Å²) in [5.74, 6) is 0.461. The zero-order chi connectivity index (χ0) is 15.6. The Bertz CT molecular complexity index is 623. The van der Waals surface area contributed by atoms with E-state index < -0.39 is 14.9 Å². The lowest BCUT2D eigenvalue weighted by Gasteiger charge is -2.30. The number of thiophene rings is 1. The molecule has 0 amide bonds. The minimum absolute atomic E-state index is 0.0636. The standard InChI is InChI=1S/C11H16ClN3O4S2/c1-13-7-8-2-4-14(5-3-8)21(18,19)10-6-9(15(16)17)11(12)20-10/h6,8,13H,2-5,7H2,1H3. The summed E-state index contributed by atoms with van der Waals surface area (Å²) in [6, 6.07) is 1.04. The second kappa shape index (κ2) is 6.57. The molecule has 0 atom stereocenters. The first-order chi connectivity index (χ1) is 9.86. The lowest BCUT2D eigenvalue weighted by atomic mass is 9.98. The lowest BCUT2D eigenvalue weighted by molar-refractivity contribution is -0.384. The van der Waals surface area contributed by atoms with Crippen molar-refractivity contribution in [2.45, 2.75) is 17.1 Å². The van der Waals surface area contributed by atoms with Crippen molar-refractivity contribution in [3.8, 4) is 0 Å². The highest BCUT2D eigenvalue weighted by molar-refractivity contribution is 7.91. The number of rotatable bonds is 5. The zero-order valence-electron chi connectivity index (χ0n) is 11.4. The van der Waals surface area contributed by atoms with Crippen LogP contribution >= 0.6 is 22.9 Å². The third-order valence-electron chi connectivity index (χ3n) is 3.50. The summed E-state index contributed by atoms with van der Waals surface area (Å²) in [6.07, 6.45) is 1.56. The maximum Gasteiger partial charge on any atom is 0.300 e. The van der Waals surface area contributed by atoms with Crippen LogP contribution in [-0.2, 0) is 10.0 Å². The van der Waals surface area contributed by atoms with Crippen LogP contribution in [0, 0.1) is 16.0 Å². The van der Waals surface area contributed by atoms with Gasteiger partial charge in [-0.2, -0.15) is 4.31 Å². The number of hydrogen-bond donors (Lipinski definition) is 1. The van der Waals surface area contributed by atoms with E-state index in [1.807, 2.05) is 7.05 Å². The van der Waals surface area contributed by atoms with Crippen molar-refractivity contribution >= 4 is 38.6 Å². The van der Waals surface area contributed by atoms with E-state index in [0.717, 1.165) is 36.8 Å². The highest BCUT2D eigenvalue weighted by Gasteiger charge is 2.33. The van der Waals surface area contributed by atoms with E-state index in [9.17, 15) is 18.5 Å². The Kier molecular flexibility index (Phi) is 5.20. The van der Waals surface area contributed by atoms with Crippen LogP contribution in [0.3, 0.4) is 0 Å². The molecule has 0 unspecified atom stereocenters. The van der Waals surface area contributed by atoms with E-state index in [-0.39, 0.29) is 14.2 Å². The molecule has 1 aromatic heterocycles. The Balaban J connectivity index is 2.16. The number of hydrogen-bond acceptors (Lipinski definition) is 6. The summed E-state index contributed by atoms with van der Waals surface area (Å²) < 4.78 is 26.2. The molecule has 0 spiro atoms. The molecular formula is C11H16ClN3O4S2. The van der Waals surface area contributed by atoms with Gasteiger partial charge in [0, 0.05) is 19.2 Å². The molecule has 0 bridgehead atoms. The van der Waals surface area contributed by atoms with Gasteiger partial charge in [-0.3, -0.25) is 10.1 Å². The molecule has 0 radical (unpaired) electrons. The minimum Gasteiger partial charge on any atom is -0.319 e. The van der Waals surface area contributed by atoms with E-state index in [0.29, 0.717) is 19.0 Å². The Hall–Kier alpha value is -0.740. The first kappa shape index (κ1) is 16.6. The molecule has 1 saturated heterocycles. The van der Waals surface area contributed by atoms with Crippen LogP contribution in [0.4, 0.5) is 5.69 Å². The second-order valence-corrected chi connectivity index (χ2v) is 8.71. The summed E-state index contributed by atoms with van der Waals surface area (Å²) >= 11 is 6.47. The molecule has 0 aliphatic carbocycles. The summed E-state index contributed by atoms with van der Waals surface area (Å²) in [7, 11) is -1.82. The van der Waals surface area contributed by atoms with Crippen LogP contribution in [0.5, 0.6) is 0 Å². The van der Waals surface area contributed by atoms with Gasteiger partial charge in [0.1, 0.15) is 4.21 Å². The highest BCUT2D eigenvalue weighted by atomic mass is 35.5. The smallest absolute Gasteiger partial charge is 0.300 e. The fourth-order valence-corrected chi connectivity index (χ4v) is 5.65. The van der Waals surface area contributed by atoms with Crippen LogP contribution in [-0.4, -0.2) is 44.3 Å². The number of nitrogens with one attached hydrogen (secondary N) is 1. The number of piperidine rings is 1. The number of halogens is 1. The van der Waals surface area contributed by atoms with Gasteiger partial charge in [-0.1, -0.05) is 11.6 Å².